The molecule has 0 saturated heterocycles. The van der Waals surface area contributed by atoms with Gasteiger partial charge in [0, 0.05) is 25.2 Å². The van der Waals surface area contributed by atoms with Crippen LogP contribution in [-0.2, 0) is 24.6 Å². The van der Waals surface area contributed by atoms with Gasteiger partial charge in [-0.05, 0) is 46.4 Å². The number of carbonyl (C=O) groups excluding carboxylic acids is 2. The van der Waals surface area contributed by atoms with Crippen LogP contribution < -0.4 is 25.1 Å². The maximum Gasteiger partial charge on any atom is 0.309 e. The van der Waals surface area contributed by atoms with Crippen LogP contribution in [0, 0.1) is 6.92 Å². The number of amidine groups is 1. The fourth-order valence-corrected chi connectivity index (χ4v) is 5.14. The summed E-state index contributed by atoms with van der Waals surface area (Å²) >= 11 is 0. The molecule has 48 heavy (non-hydrogen) atoms. The minimum Gasteiger partial charge on any atom is -0.488 e. The highest BCUT2D eigenvalue weighted by molar-refractivity contribution is 6.15. The Labute approximate surface area is 277 Å². The molecule has 1 aromatic heterocycles. The lowest BCUT2D eigenvalue weighted by molar-refractivity contribution is 0.0914. The third kappa shape index (κ3) is 7.27. The number of rotatable bonds is 12. The van der Waals surface area contributed by atoms with Crippen molar-refractivity contribution < 1.29 is 23.5 Å². The molecule has 0 fully saturated rings. The monoisotopic (exact) mass is 642 g/mol. The van der Waals surface area contributed by atoms with Crippen molar-refractivity contribution in [2.24, 2.45) is 5.10 Å². The Balaban J connectivity index is 1.31. The van der Waals surface area contributed by atoms with Gasteiger partial charge in [0.05, 0.1) is 5.56 Å². The predicted octanol–water partition coefficient (Wildman–Crippen LogP) is 6.03. The van der Waals surface area contributed by atoms with Crippen molar-refractivity contribution in [2.75, 3.05) is 4.90 Å². The van der Waals surface area contributed by atoms with Gasteiger partial charge in [-0.1, -0.05) is 86.6 Å². The summed E-state index contributed by atoms with van der Waals surface area (Å²) in [7, 11) is 0. The number of hydrogen-bond donors (Lipinski definition) is 2. The number of amides is 1. The molecule has 242 valence electrons. The maximum atomic E-state index is 12.4. The zero-order valence-electron chi connectivity index (χ0n) is 26.8. The van der Waals surface area contributed by atoms with Crippen molar-refractivity contribution in [1.29, 1.82) is 0 Å². The number of hydrazone groups is 1. The van der Waals surface area contributed by atoms with E-state index >= 15 is 0 Å². The molecule has 11 heteroatoms. The van der Waals surface area contributed by atoms with Crippen LogP contribution in [0.3, 0.4) is 0 Å². The van der Waals surface area contributed by atoms with Crippen molar-refractivity contribution in [2.45, 2.75) is 46.4 Å². The second-order valence-electron chi connectivity index (χ2n) is 11.4. The summed E-state index contributed by atoms with van der Waals surface area (Å²) in [6, 6.07) is 31.1. The minimum absolute atomic E-state index is 0.101. The largest absolute Gasteiger partial charge is 0.488 e. The lowest BCUT2D eigenvalue weighted by Gasteiger charge is -2.24. The maximum absolute atomic E-state index is 12.4. The van der Waals surface area contributed by atoms with Gasteiger partial charge < -0.3 is 19.2 Å². The SMILES string of the molecule is Cc1nnc(C(=O)NCc2ccc(N3C(=C=O)NN=C3c3cc(C(C)C)c(OCc4ccccc4)cc3OCc3ccccc3)cc2)o1. The Morgan fingerprint density at radius 1 is 0.875 bits per heavy atom. The highest BCUT2D eigenvalue weighted by Gasteiger charge is 2.30. The second-order valence-corrected chi connectivity index (χ2v) is 11.4. The summed E-state index contributed by atoms with van der Waals surface area (Å²) in [5.41, 5.74) is 7.98. The summed E-state index contributed by atoms with van der Waals surface area (Å²) in [6.07, 6.45) is 0. The first kappa shape index (κ1) is 31.8. The number of ether oxygens (including phenoxy) is 2. The van der Waals surface area contributed by atoms with E-state index in [1.807, 2.05) is 103 Å². The van der Waals surface area contributed by atoms with E-state index in [0.29, 0.717) is 47.7 Å². The van der Waals surface area contributed by atoms with Gasteiger partial charge >= 0.3 is 11.8 Å². The van der Waals surface area contributed by atoms with E-state index in [1.54, 1.807) is 11.8 Å². The smallest absolute Gasteiger partial charge is 0.309 e. The number of carbonyl (C=O) groups is 1. The quantitative estimate of drug-likeness (QED) is 0.157. The van der Waals surface area contributed by atoms with Crippen molar-refractivity contribution in [3.8, 4) is 11.5 Å². The Bertz CT molecular complexity index is 1970. The van der Waals surface area contributed by atoms with E-state index in [0.717, 1.165) is 22.3 Å². The molecule has 0 spiro atoms. The number of hydrogen-bond acceptors (Lipinski definition) is 10. The standard InChI is InChI=1S/C37H34N6O5/c1-24(2)30-18-31(33(47-23-28-12-8-5-9-13-28)19-32(30)46-22-27-10-6-4-7-11-27)35-41-40-34(21-44)43(35)29-16-14-26(15-17-29)20-38-36(45)37-42-39-25(3)48-37/h4-19,24,40H,20,22-23H2,1-3H3,(H,38,45). The molecule has 6 rings (SSSR count). The average molecular weight is 643 g/mol. The van der Waals surface area contributed by atoms with E-state index in [-0.39, 0.29) is 24.2 Å². The van der Waals surface area contributed by atoms with E-state index in [2.05, 4.69) is 39.9 Å². The Morgan fingerprint density at radius 2 is 1.52 bits per heavy atom. The molecule has 1 amide bonds. The number of nitrogens with zero attached hydrogens (tertiary/aromatic N) is 4. The molecule has 0 aliphatic carbocycles. The van der Waals surface area contributed by atoms with E-state index in [4.69, 9.17) is 13.9 Å². The van der Waals surface area contributed by atoms with Crippen LogP contribution in [0.15, 0.2) is 112 Å². The van der Waals surface area contributed by atoms with Crippen LogP contribution >= 0.6 is 0 Å². The molecule has 0 bridgehead atoms. The van der Waals surface area contributed by atoms with Gasteiger partial charge in [0.2, 0.25) is 11.7 Å². The zero-order chi connectivity index (χ0) is 33.5. The topological polar surface area (TPSA) is 131 Å². The molecular weight excluding hydrogens is 608 g/mol. The molecule has 0 radical (unpaired) electrons. The number of nitrogens with one attached hydrogen (secondary N) is 2. The summed E-state index contributed by atoms with van der Waals surface area (Å²) in [5, 5.41) is 14.8. The van der Waals surface area contributed by atoms with Crippen LogP contribution in [0.25, 0.3) is 0 Å². The first-order valence-electron chi connectivity index (χ1n) is 15.5. The van der Waals surface area contributed by atoms with Crippen molar-refractivity contribution in [3.63, 3.8) is 0 Å². The lowest BCUT2D eigenvalue weighted by Crippen LogP contribution is -2.29. The van der Waals surface area contributed by atoms with Crippen LogP contribution in [0.5, 0.6) is 11.5 Å². The van der Waals surface area contributed by atoms with Crippen LogP contribution in [0.2, 0.25) is 0 Å². The molecular formula is C37H34N6O5. The van der Waals surface area contributed by atoms with E-state index < -0.39 is 5.91 Å². The van der Waals surface area contributed by atoms with Gasteiger partial charge in [-0.25, -0.2) is 4.79 Å². The Kier molecular flexibility index (Phi) is 9.59. The van der Waals surface area contributed by atoms with Crippen LogP contribution in [-0.4, -0.2) is 27.9 Å². The Morgan fingerprint density at radius 3 is 2.10 bits per heavy atom. The third-order valence-corrected chi connectivity index (χ3v) is 7.62. The van der Waals surface area contributed by atoms with Gasteiger partial charge in [0.25, 0.3) is 0 Å². The van der Waals surface area contributed by atoms with Gasteiger partial charge in [0.1, 0.15) is 24.7 Å². The lowest BCUT2D eigenvalue weighted by atomic mass is 9.97. The third-order valence-electron chi connectivity index (χ3n) is 7.62. The molecule has 2 N–H and O–H groups in total. The summed E-state index contributed by atoms with van der Waals surface area (Å²) in [5.74, 6) is 3.65. The normalized spacial score (nSPS) is 12.4. The summed E-state index contributed by atoms with van der Waals surface area (Å²) in [6.45, 7) is 6.75. The fourth-order valence-electron chi connectivity index (χ4n) is 5.14. The highest BCUT2D eigenvalue weighted by atomic mass is 16.5. The second kappa shape index (κ2) is 14.5. The van der Waals surface area contributed by atoms with Crippen molar-refractivity contribution in [1.82, 2.24) is 20.9 Å². The first-order valence-corrected chi connectivity index (χ1v) is 15.5. The summed E-state index contributed by atoms with van der Waals surface area (Å²) < 4.78 is 18.0. The Hall–Kier alpha value is -6.19. The molecule has 2 heterocycles. The van der Waals surface area contributed by atoms with Crippen molar-refractivity contribution >= 4 is 23.4 Å². The van der Waals surface area contributed by atoms with Gasteiger partial charge in [-0.3, -0.25) is 15.1 Å². The minimum atomic E-state index is -0.468. The molecule has 5 aromatic rings. The predicted molar refractivity (Wildman–Crippen MR) is 180 cm³/mol. The van der Waals surface area contributed by atoms with E-state index in [9.17, 15) is 9.59 Å². The number of aryl methyl sites for hydroxylation is 1. The van der Waals surface area contributed by atoms with Gasteiger partial charge in [-0.2, -0.15) is 5.10 Å². The molecule has 4 aromatic carbocycles. The number of anilines is 1. The molecule has 11 nitrogen and oxygen atoms in total. The number of benzene rings is 4. The van der Waals surface area contributed by atoms with Crippen LogP contribution in [0.4, 0.5) is 5.69 Å². The summed E-state index contributed by atoms with van der Waals surface area (Å²) in [4.78, 5) is 26.2. The first-order chi connectivity index (χ1) is 23.4. The molecule has 0 unspecified atom stereocenters. The molecule has 1 aliphatic heterocycles. The zero-order valence-corrected chi connectivity index (χ0v) is 26.8. The molecule has 1 aliphatic rings. The van der Waals surface area contributed by atoms with Gasteiger partial charge in [0.15, 0.2) is 11.8 Å². The van der Waals surface area contributed by atoms with Gasteiger partial charge in [-0.15, -0.1) is 10.2 Å². The highest BCUT2D eigenvalue weighted by Crippen LogP contribution is 2.37. The molecule has 0 atom stereocenters. The average Bonchev–Trinajstić information content (AvgIpc) is 3.76. The van der Waals surface area contributed by atoms with Crippen molar-refractivity contribution in [3.05, 3.63) is 142 Å². The fraction of sp³-hybridized carbons (Fsp3) is 0.189. The van der Waals surface area contributed by atoms with E-state index in [1.165, 1.54) is 0 Å². The molecule has 0 saturated carbocycles. The van der Waals surface area contributed by atoms with Crippen LogP contribution in [0.1, 0.15) is 64.2 Å². The number of aromatic nitrogens is 2.